The Morgan fingerprint density at radius 1 is 1.00 bits per heavy atom. The minimum absolute atomic E-state index is 0.582. The molecule has 0 saturated heterocycles. The Labute approximate surface area is 96.8 Å². The van der Waals surface area contributed by atoms with Gasteiger partial charge in [-0.05, 0) is 41.9 Å². The molecule has 0 radical (unpaired) electrons. The van der Waals surface area contributed by atoms with Gasteiger partial charge in [-0.15, -0.1) is 0 Å². The van der Waals surface area contributed by atoms with Crippen molar-refractivity contribution in [3.8, 4) is 0 Å². The molecule has 15 heavy (non-hydrogen) atoms. The van der Waals surface area contributed by atoms with Crippen molar-refractivity contribution in [1.29, 1.82) is 0 Å². The number of hydrogen-bond donors (Lipinski definition) is 0. The first-order valence-corrected chi connectivity index (χ1v) is 6.96. The van der Waals surface area contributed by atoms with Crippen LogP contribution in [-0.2, 0) is 0 Å². The lowest BCUT2D eigenvalue weighted by atomic mass is 9.56. The van der Waals surface area contributed by atoms with Gasteiger partial charge < -0.3 is 0 Å². The SMILES string of the molecule is CCC(C)(CC)C(C)C1CCC1C(C)C. The third kappa shape index (κ3) is 2.40. The average Bonchev–Trinajstić information content (AvgIpc) is 2.13. The predicted octanol–water partition coefficient (Wildman–Crippen LogP) is 5.13. The zero-order valence-electron chi connectivity index (χ0n) is 11.6. The van der Waals surface area contributed by atoms with Crippen molar-refractivity contribution in [1.82, 2.24) is 0 Å². The Bertz CT molecular complexity index is 188. The highest BCUT2D eigenvalue weighted by Crippen LogP contribution is 2.51. The molecule has 1 saturated carbocycles. The van der Waals surface area contributed by atoms with E-state index in [0.717, 1.165) is 23.7 Å². The molecule has 90 valence electrons. The molecule has 1 rings (SSSR count). The van der Waals surface area contributed by atoms with Crippen LogP contribution in [0.3, 0.4) is 0 Å². The average molecular weight is 210 g/mol. The van der Waals surface area contributed by atoms with Crippen LogP contribution in [0.2, 0.25) is 0 Å². The molecule has 0 heterocycles. The van der Waals surface area contributed by atoms with Crippen molar-refractivity contribution >= 4 is 0 Å². The maximum Gasteiger partial charge on any atom is -0.0303 e. The molecule has 1 fully saturated rings. The number of hydrogen-bond acceptors (Lipinski definition) is 0. The van der Waals surface area contributed by atoms with Crippen LogP contribution in [0, 0.1) is 29.1 Å². The van der Waals surface area contributed by atoms with E-state index in [0.29, 0.717) is 5.41 Å². The lowest BCUT2D eigenvalue weighted by molar-refractivity contribution is 0.00232. The predicted molar refractivity (Wildman–Crippen MR) is 68.9 cm³/mol. The molecule has 1 aliphatic rings. The first kappa shape index (κ1) is 13.1. The summed E-state index contributed by atoms with van der Waals surface area (Å²) in [6.45, 7) is 14.5. The van der Waals surface area contributed by atoms with Crippen molar-refractivity contribution in [2.75, 3.05) is 0 Å². The molecular weight excluding hydrogens is 180 g/mol. The van der Waals surface area contributed by atoms with Crippen LogP contribution in [-0.4, -0.2) is 0 Å². The van der Waals surface area contributed by atoms with Crippen LogP contribution in [0.5, 0.6) is 0 Å². The maximum absolute atomic E-state index is 2.51. The van der Waals surface area contributed by atoms with Crippen molar-refractivity contribution in [2.24, 2.45) is 29.1 Å². The van der Waals surface area contributed by atoms with Gasteiger partial charge in [-0.25, -0.2) is 0 Å². The third-order valence-corrected chi connectivity index (χ3v) is 5.60. The van der Waals surface area contributed by atoms with E-state index in [1.54, 1.807) is 0 Å². The molecule has 0 amide bonds. The van der Waals surface area contributed by atoms with Crippen molar-refractivity contribution in [3.05, 3.63) is 0 Å². The van der Waals surface area contributed by atoms with E-state index in [9.17, 15) is 0 Å². The van der Waals surface area contributed by atoms with E-state index >= 15 is 0 Å². The molecular formula is C15H30. The fraction of sp³-hybridized carbons (Fsp3) is 1.00. The second kappa shape index (κ2) is 4.89. The summed E-state index contributed by atoms with van der Waals surface area (Å²) in [5, 5.41) is 0. The molecule has 0 heteroatoms. The fourth-order valence-corrected chi connectivity index (χ4v) is 3.41. The first-order chi connectivity index (χ1) is 6.96. The normalized spacial score (nSPS) is 29.0. The third-order valence-electron chi connectivity index (χ3n) is 5.60. The van der Waals surface area contributed by atoms with E-state index in [-0.39, 0.29) is 0 Å². The fourth-order valence-electron chi connectivity index (χ4n) is 3.41. The standard InChI is InChI=1S/C15H30/c1-7-15(6,8-2)12(5)14-10-9-13(14)11(3)4/h11-14H,7-10H2,1-6H3. The summed E-state index contributed by atoms with van der Waals surface area (Å²) in [7, 11) is 0. The topological polar surface area (TPSA) is 0 Å². The Kier molecular flexibility index (Phi) is 4.26. The van der Waals surface area contributed by atoms with Gasteiger partial charge >= 0.3 is 0 Å². The smallest absolute Gasteiger partial charge is 0.0303 e. The molecule has 0 aromatic carbocycles. The Balaban J connectivity index is 2.64. The molecule has 0 aromatic heterocycles. The first-order valence-electron chi connectivity index (χ1n) is 6.96. The van der Waals surface area contributed by atoms with Gasteiger partial charge in [-0.1, -0.05) is 54.4 Å². The van der Waals surface area contributed by atoms with Gasteiger partial charge in [0.15, 0.2) is 0 Å². The zero-order valence-corrected chi connectivity index (χ0v) is 11.6. The van der Waals surface area contributed by atoms with Crippen LogP contribution in [0.15, 0.2) is 0 Å². The Hall–Kier alpha value is 0. The Morgan fingerprint density at radius 2 is 1.47 bits per heavy atom. The largest absolute Gasteiger partial charge is 0.0649 e. The van der Waals surface area contributed by atoms with Gasteiger partial charge in [-0.2, -0.15) is 0 Å². The van der Waals surface area contributed by atoms with E-state index in [1.807, 2.05) is 0 Å². The van der Waals surface area contributed by atoms with Crippen molar-refractivity contribution < 1.29 is 0 Å². The van der Waals surface area contributed by atoms with Gasteiger partial charge in [0.25, 0.3) is 0 Å². The van der Waals surface area contributed by atoms with E-state index in [1.165, 1.54) is 25.7 Å². The summed E-state index contributed by atoms with van der Waals surface area (Å²) in [5.41, 5.74) is 0.582. The molecule has 1 aliphatic carbocycles. The Morgan fingerprint density at radius 3 is 1.73 bits per heavy atom. The van der Waals surface area contributed by atoms with Gasteiger partial charge in [-0.3, -0.25) is 0 Å². The summed E-state index contributed by atoms with van der Waals surface area (Å²) in [6, 6.07) is 0. The highest BCUT2D eigenvalue weighted by molar-refractivity contribution is 4.92. The summed E-state index contributed by atoms with van der Waals surface area (Å²) < 4.78 is 0. The summed E-state index contributed by atoms with van der Waals surface area (Å²) >= 11 is 0. The minimum atomic E-state index is 0.582. The van der Waals surface area contributed by atoms with Crippen LogP contribution in [0.1, 0.15) is 67.2 Å². The lowest BCUT2D eigenvalue weighted by Crippen LogP contribution is -2.41. The molecule has 0 aromatic rings. The number of rotatable bonds is 5. The van der Waals surface area contributed by atoms with Crippen molar-refractivity contribution in [2.45, 2.75) is 67.2 Å². The molecule has 0 nitrogen and oxygen atoms in total. The monoisotopic (exact) mass is 210 g/mol. The summed E-state index contributed by atoms with van der Waals surface area (Å²) in [5.74, 6) is 3.82. The zero-order chi connectivity index (χ0) is 11.6. The molecule has 3 atom stereocenters. The highest BCUT2D eigenvalue weighted by atomic mass is 14.5. The summed E-state index contributed by atoms with van der Waals surface area (Å²) in [6.07, 6.45) is 5.65. The molecule has 0 N–H and O–H groups in total. The second-order valence-corrected chi connectivity index (χ2v) is 6.30. The van der Waals surface area contributed by atoms with Gasteiger partial charge in [0.1, 0.15) is 0 Å². The van der Waals surface area contributed by atoms with Crippen molar-refractivity contribution in [3.63, 3.8) is 0 Å². The van der Waals surface area contributed by atoms with Crippen LogP contribution >= 0.6 is 0 Å². The quantitative estimate of drug-likeness (QED) is 0.590. The van der Waals surface area contributed by atoms with Gasteiger partial charge in [0, 0.05) is 0 Å². The van der Waals surface area contributed by atoms with Crippen LogP contribution < -0.4 is 0 Å². The molecule has 0 bridgehead atoms. The van der Waals surface area contributed by atoms with Gasteiger partial charge in [0.05, 0.1) is 0 Å². The van der Waals surface area contributed by atoms with E-state index in [2.05, 4.69) is 41.5 Å². The summed E-state index contributed by atoms with van der Waals surface area (Å²) in [4.78, 5) is 0. The van der Waals surface area contributed by atoms with E-state index in [4.69, 9.17) is 0 Å². The minimum Gasteiger partial charge on any atom is -0.0649 e. The lowest BCUT2D eigenvalue weighted by Gasteiger charge is -2.49. The van der Waals surface area contributed by atoms with Crippen LogP contribution in [0.25, 0.3) is 0 Å². The molecule has 0 spiro atoms. The van der Waals surface area contributed by atoms with Crippen LogP contribution in [0.4, 0.5) is 0 Å². The van der Waals surface area contributed by atoms with Gasteiger partial charge in [0.2, 0.25) is 0 Å². The molecule has 3 unspecified atom stereocenters. The second-order valence-electron chi connectivity index (χ2n) is 6.30. The van der Waals surface area contributed by atoms with E-state index < -0.39 is 0 Å². The maximum atomic E-state index is 2.51. The highest BCUT2D eigenvalue weighted by Gasteiger charge is 2.42. The molecule has 0 aliphatic heterocycles.